The summed E-state index contributed by atoms with van der Waals surface area (Å²) in [6, 6.07) is 0. The van der Waals surface area contributed by atoms with Crippen LogP contribution in [0, 0.1) is 0 Å². The van der Waals surface area contributed by atoms with E-state index in [9.17, 15) is 0 Å². The molecule has 0 saturated carbocycles. The molecule has 2 unspecified atom stereocenters. The Kier molecular flexibility index (Phi) is 28.2. The minimum atomic E-state index is -2.74. The molecule has 15 heteroatoms. The van der Waals surface area contributed by atoms with Gasteiger partial charge in [-0.1, -0.05) is 63.1 Å². The van der Waals surface area contributed by atoms with E-state index in [-0.39, 0.29) is 9.75 Å². The summed E-state index contributed by atoms with van der Waals surface area (Å²) < 4.78 is 37.7. The first-order valence-electron chi connectivity index (χ1n) is 13.4. The van der Waals surface area contributed by atoms with Crippen molar-refractivity contribution >= 4 is 88.3 Å². The molecule has 0 aliphatic heterocycles. The number of rotatable bonds is 28. The van der Waals surface area contributed by atoms with E-state index in [1.807, 2.05) is 0 Å². The van der Waals surface area contributed by atoms with Crippen LogP contribution in [0.5, 0.6) is 0 Å². The average molecular weight is 691 g/mol. The van der Waals surface area contributed by atoms with Gasteiger partial charge in [0.15, 0.2) is 0 Å². The van der Waals surface area contributed by atoms with Crippen LogP contribution in [0.15, 0.2) is 0 Å². The van der Waals surface area contributed by atoms with Crippen LogP contribution < -0.4 is 0 Å². The van der Waals surface area contributed by atoms with Gasteiger partial charge in [-0.05, 0) is 102 Å². The van der Waals surface area contributed by atoms with Crippen molar-refractivity contribution in [3.05, 3.63) is 0 Å². The summed E-state index contributed by atoms with van der Waals surface area (Å²) in [5, 5.41) is 0. The summed E-state index contributed by atoms with van der Waals surface area (Å²) in [5.41, 5.74) is 0. The highest BCUT2D eigenvalue weighted by molar-refractivity contribution is 9.46. The Morgan fingerprint density at radius 1 is 0.405 bits per heavy atom. The van der Waals surface area contributed by atoms with E-state index < -0.39 is 17.6 Å². The van der Waals surface area contributed by atoms with Crippen LogP contribution in [0.25, 0.3) is 0 Å². The predicted molar refractivity (Wildman–Crippen MR) is 181 cm³/mol. The summed E-state index contributed by atoms with van der Waals surface area (Å²) in [6.07, 6.45) is 5.75. The molecule has 0 radical (unpaired) electrons. The summed E-state index contributed by atoms with van der Waals surface area (Å²) in [5.74, 6) is 0. The molecule has 6 nitrogen and oxygen atoms in total. The van der Waals surface area contributed by atoms with Gasteiger partial charge >= 0.3 is 17.6 Å². The predicted octanol–water partition coefficient (Wildman–Crippen LogP) is 9.90. The van der Waals surface area contributed by atoms with E-state index in [0.29, 0.717) is 39.6 Å². The summed E-state index contributed by atoms with van der Waals surface area (Å²) in [7, 11) is 6.95. The second kappa shape index (κ2) is 26.3. The van der Waals surface area contributed by atoms with Crippen LogP contribution in [-0.4, -0.2) is 67.0 Å². The number of hydrogen-bond acceptors (Lipinski definition) is 13. The fourth-order valence-corrected chi connectivity index (χ4v) is 27.8. The zero-order valence-electron chi connectivity index (χ0n) is 23.9. The fourth-order valence-electron chi connectivity index (χ4n) is 2.72. The first kappa shape index (κ1) is 39.6. The lowest BCUT2D eigenvalue weighted by atomic mass is 10.5. The van der Waals surface area contributed by atoms with E-state index in [1.165, 1.54) is 0 Å². The maximum Gasteiger partial charge on any atom is 0.515 e. The van der Waals surface area contributed by atoms with Crippen molar-refractivity contribution in [3.63, 3.8) is 0 Å². The zero-order valence-corrected chi connectivity index (χ0v) is 31.7. The van der Waals surface area contributed by atoms with Gasteiger partial charge in [0, 0.05) is 39.6 Å². The second-order valence-electron chi connectivity index (χ2n) is 8.11. The van der Waals surface area contributed by atoms with Crippen molar-refractivity contribution in [2.24, 2.45) is 0 Å². The van der Waals surface area contributed by atoms with Gasteiger partial charge < -0.3 is 26.6 Å². The van der Waals surface area contributed by atoms with Crippen LogP contribution in [0.2, 0.25) is 0 Å². The van der Waals surface area contributed by atoms with Gasteiger partial charge in [0.05, 0.1) is 9.75 Å². The smallest absolute Gasteiger partial charge is 0.373 e. The summed E-state index contributed by atoms with van der Waals surface area (Å²) >= 11 is 0. The third-order valence-corrected chi connectivity index (χ3v) is 26.9. The lowest BCUT2D eigenvalue weighted by Crippen LogP contribution is -2.54. The molecule has 0 amide bonds. The van der Waals surface area contributed by atoms with Gasteiger partial charge in [-0.15, -0.1) is 0 Å². The standard InChI is InChI=1S/C22H50O6S7Si2/c1-9-15-23-36(24-16-10-2,25-17-11-3)21(7)29-31-33-35-34-32-30-22(8)37(26-18-12-4,27-19-13-5)28-20-14-6/h21-22H,9-20H2,1-8H3. The molecule has 0 aromatic carbocycles. The molecular weight excluding hydrogens is 641 g/mol. The Balaban J connectivity index is 4.70. The molecule has 224 valence electrons. The quantitative estimate of drug-likeness (QED) is 0.0445. The second-order valence-corrected chi connectivity index (χ2v) is 26.6. The van der Waals surface area contributed by atoms with Gasteiger partial charge in [-0.2, -0.15) is 0 Å². The minimum Gasteiger partial charge on any atom is -0.373 e. The van der Waals surface area contributed by atoms with E-state index >= 15 is 0 Å². The van der Waals surface area contributed by atoms with Crippen molar-refractivity contribution < 1.29 is 26.6 Å². The van der Waals surface area contributed by atoms with Gasteiger partial charge in [0.2, 0.25) is 0 Å². The van der Waals surface area contributed by atoms with Crippen LogP contribution >= 0.6 is 70.7 Å². The van der Waals surface area contributed by atoms with E-state index in [4.69, 9.17) is 26.6 Å². The Morgan fingerprint density at radius 2 is 0.622 bits per heavy atom. The van der Waals surface area contributed by atoms with Gasteiger partial charge in [0.25, 0.3) is 0 Å². The van der Waals surface area contributed by atoms with Crippen LogP contribution in [0.3, 0.4) is 0 Å². The highest BCUT2D eigenvalue weighted by Gasteiger charge is 2.49. The Morgan fingerprint density at radius 3 is 0.838 bits per heavy atom. The Hall–Kier alpha value is 2.64. The third-order valence-electron chi connectivity index (χ3n) is 4.52. The molecule has 0 aliphatic rings. The molecule has 0 spiro atoms. The zero-order chi connectivity index (χ0) is 27.8. The molecule has 0 rings (SSSR count). The summed E-state index contributed by atoms with van der Waals surface area (Å²) in [4.78, 5) is 0.326. The molecule has 0 aromatic rings. The first-order chi connectivity index (χ1) is 17.9. The molecule has 37 heavy (non-hydrogen) atoms. The van der Waals surface area contributed by atoms with E-state index in [1.54, 1.807) is 70.7 Å². The molecule has 0 N–H and O–H groups in total. The lowest BCUT2D eigenvalue weighted by molar-refractivity contribution is 0.0582. The molecule has 0 heterocycles. The topological polar surface area (TPSA) is 55.4 Å². The van der Waals surface area contributed by atoms with E-state index in [0.717, 1.165) is 38.5 Å². The SMILES string of the molecule is CCCO[Si](OCCC)(OCCC)C(C)SSSSSSSC(C)[Si](OCCC)(OCCC)OCCC. The molecular formula is C22H50O6S7Si2. The van der Waals surface area contributed by atoms with Crippen LogP contribution in [-0.2, 0) is 26.6 Å². The van der Waals surface area contributed by atoms with Crippen molar-refractivity contribution in [1.82, 2.24) is 0 Å². The van der Waals surface area contributed by atoms with Crippen molar-refractivity contribution in [1.29, 1.82) is 0 Å². The van der Waals surface area contributed by atoms with Crippen molar-refractivity contribution in [3.8, 4) is 0 Å². The monoisotopic (exact) mass is 690 g/mol. The first-order valence-corrected chi connectivity index (χ1v) is 25.9. The molecule has 0 aromatic heterocycles. The molecule has 0 fully saturated rings. The highest BCUT2D eigenvalue weighted by atomic mass is 33.9. The average Bonchev–Trinajstić information content (AvgIpc) is 2.91. The largest absolute Gasteiger partial charge is 0.515 e. The minimum absolute atomic E-state index is 0.163. The van der Waals surface area contributed by atoms with Crippen LogP contribution in [0.4, 0.5) is 0 Å². The molecule has 0 saturated heterocycles. The van der Waals surface area contributed by atoms with Crippen LogP contribution in [0.1, 0.15) is 93.9 Å². The Bertz CT molecular complexity index is 435. The van der Waals surface area contributed by atoms with Gasteiger partial charge in [0.1, 0.15) is 0 Å². The summed E-state index contributed by atoms with van der Waals surface area (Å²) in [6.45, 7) is 21.2. The maximum absolute atomic E-state index is 6.28. The van der Waals surface area contributed by atoms with E-state index in [2.05, 4.69) is 55.4 Å². The van der Waals surface area contributed by atoms with Gasteiger partial charge in [-0.25, -0.2) is 0 Å². The molecule has 2 atom stereocenters. The normalized spacial score (nSPS) is 14.3. The van der Waals surface area contributed by atoms with Gasteiger partial charge in [-0.3, -0.25) is 0 Å². The van der Waals surface area contributed by atoms with Crippen molar-refractivity contribution in [2.75, 3.05) is 39.6 Å². The number of hydrogen-bond donors (Lipinski definition) is 0. The lowest BCUT2D eigenvalue weighted by Gasteiger charge is -2.33. The third kappa shape index (κ3) is 17.4. The van der Waals surface area contributed by atoms with Crippen molar-refractivity contribution in [2.45, 2.75) is 104 Å². The highest BCUT2D eigenvalue weighted by Crippen LogP contribution is 2.57. The maximum atomic E-state index is 6.28. The fraction of sp³-hybridized carbons (Fsp3) is 1.00. The molecule has 0 aliphatic carbocycles. The molecule has 0 bridgehead atoms. The Labute approximate surface area is 256 Å².